The summed E-state index contributed by atoms with van der Waals surface area (Å²) >= 11 is 11.7. The van der Waals surface area contributed by atoms with Gasteiger partial charge in [0, 0.05) is 11.4 Å². The zero-order chi connectivity index (χ0) is 19.3. The molecule has 2 aromatic rings. The average Bonchev–Trinajstić information content (AvgIpc) is 2.62. The first-order valence-corrected chi connectivity index (χ1v) is 7.94. The zero-order valence-electron chi connectivity index (χ0n) is 13.8. The Labute approximate surface area is 159 Å². The lowest BCUT2D eigenvalue weighted by atomic mass is 10.1. The molecule has 0 saturated carbocycles. The largest absolute Gasteiger partial charge is 0.465 e. The molecule has 0 saturated heterocycles. The third-order valence-electron chi connectivity index (χ3n) is 3.21. The van der Waals surface area contributed by atoms with Crippen molar-refractivity contribution in [3.63, 3.8) is 0 Å². The van der Waals surface area contributed by atoms with Crippen LogP contribution in [-0.4, -0.2) is 32.2 Å². The molecule has 136 valence electrons. The van der Waals surface area contributed by atoms with Gasteiger partial charge in [-0.1, -0.05) is 23.2 Å². The van der Waals surface area contributed by atoms with Crippen LogP contribution in [0.25, 0.3) is 0 Å². The maximum atomic E-state index is 12.1. The summed E-state index contributed by atoms with van der Waals surface area (Å²) in [7, 11) is 2.41. The van der Waals surface area contributed by atoms with Crippen LogP contribution in [0.1, 0.15) is 20.7 Å². The molecule has 2 aromatic carbocycles. The number of hydrogen-bond donors (Lipinski definition) is 2. The van der Waals surface area contributed by atoms with E-state index < -0.39 is 18.0 Å². The molecule has 0 fully saturated rings. The summed E-state index contributed by atoms with van der Waals surface area (Å²) in [6.07, 6.45) is 0. The summed E-state index contributed by atoms with van der Waals surface area (Å²) in [5, 5.41) is 5.72. The van der Waals surface area contributed by atoms with Crippen LogP contribution in [0.4, 0.5) is 16.2 Å². The minimum atomic E-state index is -0.663. The van der Waals surface area contributed by atoms with Crippen LogP contribution in [0.3, 0.4) is 0 Å². The second-order valence-corrected chi connectivity index (χ2v) is 5.80. The molecule has 9 heteroatoms. The average molecular weight is 397 g/mol. The van der Waals surface area contributed by atoms with Gasteiger partial charge in [-0.05, 0) is 36.4 Å². The minimum absolute atomic E-state index is 0.0836. The van der Waals surface area contributed by atoms with Crippen LogP contribution in [0.2, 0.25) is 10.0 Å². The van der Waals surface area contributed by atoms with Crippen molar-refractivity contribution in [1.29, 1.82) is 0 Å². The Kier molecular flexibility index (Phi) is 6.43. The van der Waals surface area contributed by atoms with Gasteiger partial charge in [-0.25, -0.2) is 14.4 Å². The number of rotatable bonds is 4. The normalized spacial score (nSPS) is 10.0. The van der Waals surface area contributed by atoms with Gasteiger partial charge in [0.2, 0.25) is 0 Å². The van der Waals surface area contributed by atoms with Gasteiger partial charge < -0.3 is 20.1 Å². The predicted octanol–water partition coefficient (Wildman–Crippen LogP) is 4.21. The van der Waals surface area contributed by atoms with Gasteiger partial charge in [0.25, 0.3) is 0 Å². The van der Waals surface area contributed by atoms with Gasteiger partial charge in [0.05, 0.1) is 35.4 Å². The number of anilines is 2. The lowest BCUT2D eigenvalue weighted by Gasteiger charge is -2.11. The first-order chi connectivity index (χ1) is 12.3. The van der Waals surface area contributed by atoms with Crippen molar-refractivity contribution in [2.75, 3.05) is 24.9 Å². The monoisotopic (exact) mass is 396 g/mol. The van der Waals surface area contributed by atoms with Crippen molar-refractivity contribution >= 4 is 52.5 Å². The molecular weight excluding hydrogens is 383 g/mol. The molecule has 0 heterocycles. The van der Waals surface area contributed by atoms with E-state index in [1.807, 2.05) is 0 Å². The fourth-order valence-electron chi connectivity index (χ4n) is 2.04. The minimum Gasteiger partial charge on any atom is -0.465 e. The Balaban J connectivity index is 2.23. The molecule has 0 spiro atoms. The maximum absolute atomic E-state index is 12.1. The summed E-state index contributed by atoms with van der Waals surface area (Å²) in [6, 6.07) is 8.01. The number of nitrogens with one attached hydrogen (secondary N) is 2. The van der Waals surface area contributed by atoms with Gasteiger partial charge in [-0.3, -0.25) is 0 Å². The van der Waals surface area contributed by atoms with Crippen LogP contribution in [0.5, 0.6) is 0 Å². The van der Waals surface area contributed by atoms with Crippen molar-refractivity contribution < 1.29 is 23.9 Å². The summed E-state index contributed by atoms with van der Waals surface area (Å²) < 4.78 is 9.28. The van der Waals surface area contributed by atoms with E-state index in [0.717, 1.165) is 0 Å². The van der Waals surface area contributed by atoms with Crippen LogP contribution in [-0.2, 0) is 9.47 Å². The van der Waals surface area contributed by atoms with Crippen LogP contribution >= 0.6 is 23.2 Å². The topological polar surface area (TPSA) is 93.7 Å². The lowest BCUT2D eigenvalue weighted by molar-refractivity contribution is 0.0599. The summed E-state index contributed by atoms with van der Waals surface area (Å²) in [4.78, 5) is 35.6. The smallest absolute Gasteiger partial charge is 0.337 e. The summed E-state index contributed by atoms with van der Waals surface area (Å²) in [6.45, 7) is 0. The lowest BCUT2D eigenvalue weighted by Crippen LogP contribution is -2.20. The Morgan fingerprint density at radius 2 is 1.31 bits per heavy atom. The molecule has 0 radical (unpaired) electrons. The Bertz CT molecular complexity index is 836. The van der Waals surface area contributed by atoms with Gasteiger partial charge in [-0.15, -0.1) is 0 Å². The SMILES string of the molecule is COC(=O)c1cc(NC(=O)Nc2ccc(Cl)c(Cl)c2)cc(C(=O)OC)c1. The Morgan fingerprint density at radius 3 is 1.81 bits per heavy atom. The molecule has 0 aliphatic heterocycles. The predicted molar refractivity (Wildman–Crippen MR) is 98.2 cm³/mol. The number of hydrogen-bond acceptors (Lipinski definition) is 5. The van der Waals surface area contributed by atoms with Crippen LogP contribution < -0.4 is 10.6 Å². The van der Waals surface area contributed by atoms with E-state index in [9.17, 15) is 14.4 Å². The van der Waals surface area contributed by atoms with E-state index in [-0.39, 0.29) is 21.8 Å². The quantitative estimate of drug-likeness (QED) is 0.754. The fraction of sp³-hybridized carbons (Fsp3) is 0.118. The molecule has 26 heavy (non-hydrogen) atoms. The first kappa shape index (κ1) is 19.6. The Hall–Kier alpha value is -2.77. The molecule has 0 aromatic heterocycles. The first-order valence-electron chi connectivity index (χ1n) is 7.19. The number of benzene rings is 2. The molecule has 2 N–H and O–H groups in total. The number of urea groups is 1. The summed E-state index contributed by atoms with van der Waals surface area (Å²) in [5.41, 5.74) is 0.778. The van der Waals surface area contributed by atoms with E-state index in [1.54, 1.807) is 6.07 Å². The van der Waals surface area contributed by atoms with E-state index in [0.29, 0.717) is 10.7 Å². The molecule has 7 nitrogen and oxygen atoms in total. The standard InChI is InChI=1S/C17H14Cl2N2O5/c1-25-15(22)9-5-10(16(23)26-2)7-12(6-9)21-17(24)20-11-3-4-13(18)14(19)8-11/h3-8H,1-2H3,(H2,20,21,24). The van der Waals surface area contributed by atoms with Gasteiger partial charge in [-0.2, -0.15) is 0 Å². The number of carbonyl (C=O) groups is 3. The second-order valence-electron chi connectivity index (χ2n) is 4.99. The highest BCUT2D eigenvalue weighted by Crippen LogP contribution is 2.25. The molecule has 2 amide bonds. The molecule has 0 aliphatic rings. The maximum Gasteiger partial charge on any atom is 0.337 e. The van der Waals surface area contributed by atoms with Crippen molar-refractivity contribution in [2.24, 2.45) is 0 Å². The summed E-state index contributed by atoms with van der Waals surface area (Å²) in [5.74, 6) is -1.33. The molecule has 0 aliphatic carbocycles. The number of carbonyl (C=O) groups excluding carboxylic acids is 3. The van der Waals surface area contributed by atoms with Crippen molar-refractivity contribution in [3.05, 3.63) is 57.6 Å². The highest BCUT2D eigenvalue weighted by Gasteiger charge is 2.15. The zero-order valence-corrected chi connectivity index (χ0v) is 15.3. The van der Waals surface area contributed by atoms with E-state index >= 15 is 0 Å². The molecular formula is C17H14Cl2N2O5. The van der Waals surface area contributed by atoms with E-state index in [1.165, 1.54) is 44.6 Å². The number of amides is 2. The van der Waals surface area contributed by atoms with Crippen LogP contribution in [0.15, 0.2) is 36.4 Å². The third-order valence-corrected chi connectivity index (χ3v) is 3.95. The second kappa shape index (κ2) is 8.55. The molecule has 0 bridgehead atoms. The van der Waals surface area contributed by atoms with E-state index in [2.05, 4.69) is 20.1 Å². The van der Waals surface area contributed by atoms with Gasteiger partial charge in [0.1, 0.15) is 0 Å². The number of methoxy groups -OCH3 is 2. The highest BCUT2D eigenvalue weighted by molar-refractivity contribution is 6.42. The number of halogens is 2. The molecule has 0 atom stereocenters. The van der Waals surface area contributed by atoms with Gasteiger partial charge >= 0.3 is 18.0 Å². The molecule has 2 rings (SSSR count). The van der Waals surface area contributed by atoms with Crippen molar-refractivity contribution in [1.82, 2.24) is 0 Å². The number of esters is 2. The van der Waals surface area contributed by atoms with Gasteiger partial charge in [0.15, 0.2) is 0 Å². The molecule has 0 unspecified atom stereocenters. The fourth-order valence-corrected chi connectivity index (χ4v) is 2.34. The highest BCUT2D eigenvalue weighted by atomic mass is 35.5. The van der Waals surface area contributed by atoms with Crippen LogP contribution in [0, 0.1) is 0 Å². The van der Waals surface area contributed by atoms with Crippen molar-refractivity contribution in [2.45, 2.75) is 0 Å². The van der Waals surface area contributed by atoms with Crippen molar-refractivity contribution in [3.8, 4) is 0 Å². The third kappa shape index (κ3) is 4.87. The number of ether oxygens (including phenoxy) is 2. The Morgan fingerprint density at radius 1 is 0.769 bits per heavy atom. The van der Waals surface area contributed by atoms with E-state index in [4.69, 9.17) is 23.2 Å².